The van der Waals surface area contributed by atoms with Crippen molar-refractivity contribution in [2.45, 2.75) is 6.42 Å². The number of hydrogen-bond acceptors (Lipinski definition) is 2. The lowest BCUT2D eigenvalue weighted by atomic mass is 10.0. The van der Waals surface area contributed by atoms with E-state index in [1.54, 1.807) is 7.11 Å². The number of H-pyrrole nitrogens is 1. The molecule has 0 radical (unpaired) electrons. The topological polar surface area (TPSA) is 33.2 Å². The van der Waals surface area contributed by atoms with Gasteiger partial charge in [-0.3, -0.25) is 0 Å². The van der Waals surface area contributed by atoms with Gasteiger partial charge in [0.05, 0.1) is 12.6 Å². The molecule has 3 aromatic rings. The van der Waals surface area contributed by atoms with Crippen LogP contribution >= 0.6 is 0 Å². The van der Waals surface area contributed by atoms with Gasteiger partial charge in [-0.15, -0.1) is 0 Å². The second kappa shape index (κ2) is 5.89. The number of hydrogen-bond donors (Lipinski definition) is 1. The maximum Gasteiger partial charge on any atom is 0.128 e. The molecular formula is C18H23N3O. The van der Waals surface area contributed by atoms with Gasteiger partial charge in [0.2, 0.25) is 0 Å². The summed E-state index contributed by atoms with van der Waals surface area (Å²) in [5.41, 5.74) is 4.89. The summed E-state index contributed by atoms with van der Waals surface area (Å²) in [6.07, 6.45) is 5.19. The average Bonchev–Trinajstić information content (AvgIpc) is 3.13. The maximum atomic E-state index is 5.62. The molecule has 3 rings (SSSR count). The smallest absolute Gasteiger partial charge is 0.128 e. The number of methoxy groups -OCH3 is 1. The van der Waals surface area contributed by atoms with Crippen LogP contribution in [0.4, 0.5) is 0 Å². The molecule has 0 saturated carbocycles. The monoisotopic (exact) mass is 297 g/mol. The van der Waals surface area contributed by atoms with E-state index in [4.69, 9.17) is 4.74 Å². The molecule has 0 aliphatic carbocycles. The Labute approximate surface area is 131 Å². The molecule has 0 spiro atoms. The molecule has 0 unspecified atom stereocenters. The zero-order valence-corrected chi connectivity index (χ0v) is 13.7. The van der Waals surface area contributed by atoms with Gasteiger partial charge < -0.3 is 19.2 Å². The van der Waals surface area contributed by atoms with Gasteiger partial charge in [-0.1, -0.05) is 0 Å². The van der Waals surface area contributed by atoms with Crippen molar-refractivity contribution >= 4 is 10.9 Å². The summed E-state index contributed by atoms with van der Waals surface area (Å²) in [6, 6.07) is 8.33. The summed E-state index contributed by atoms with van der Waals surface area (Å²) in [7, 11) is 8.05. The molecular weight excluding hydrogens is 274 g/mol. The molecule has 0 bridgehead atoms. The van der Waals surface area contributed by atoms with Crippen LogP contribution in [-0.2, 0) is 13.5 Å². The predicted octanol–water partition coefficient (Wildman–Crippen LogP) is 3.29. The summed E-state index contributed by atoms with van der Waals surface area (Å²) in [6.45, 7) is 1.02. The van der Waals surface area contributed by atoms with Crippen molar-refractivity contribution in [3.63, 3.8) is 0 Å². The fraction of sp³-hybridized carbons (Fsp3) is 0.333. The second-order valence-electron chi connectivity index (χ2n) is 5.94. The largest absolute Gasteiger partial charge is 0.496 e. The highest BCUT2D eigenvalue weighted by atomic mass is 16.5. The third kappa shape index (κ3) is 2.50. The first kappa shape index (κ1) is 14.7. The number of aromatic nitrogens is 2. The molecule has 22 heavy (non-hydrogen) atoms. The van der Waals surface area contributed by atoms with E-state index in [0.717, 1.165) is 24.4 Å². The molecule has 0 aliphatic heterocycles. The van der Waals surface area contributed by atoms with Gasteiger partial charge in [0, 0.05) is 42.6 Å². The molecule has 1 aromatic carbocycles. The lowest BCUT2D eigenvalue weighted by molar-refractivity contribution is 0.411. The van der Waals surface area contributed by atoms with Crippen LogP contribution in [0.5, 0.6) is 5.75 Å². The molecule has 0 atom stereocenters. The average molecular weight is 297 g/mol. The van der Waals surface area contributed by atoms with Crippen LogP contribution in [0.15, 0.2) is 36.7 Å². The van der Waals surface area contributed by atoms with Crippen LogP contribution < -0.4 is 4.74 Å². The predicted molar refractivity (Wildman–Crippen MR) is 91.5 cm³/mol. The van der Waals surface area contributed by atoms with Crippen LogP contribution in [0.25, 0.3) is 22.2 Å². The number of likely N-dealkylation sites (N-methyl/N-ethyl adjacent to an activating group) is 1. The highest BCUT2D eigenvalue weighted by Gasteiger charge is 2.16. The van der Waals surface area contributed by atoms with E-state index in [0.29, 0.717) is 0 Å². The minimum Gasteiger partial charge on any atom is -0.496 e. The third-order valence-electron chi connectivity index (χ3n) is 4.10. The van der Waals surface area contributed by atoms with E-state index < -0.39 is 0 Å². The number of aryl methyl sites for hydroxylation is 1. The Kier molecular flexibility index (Phi) is 3.94. The molecule has 1 N–H and O–H groups in total. The van der Waals surface area contributed by atoms with Crippen molar-refractivity contribution in [1.29, 1.82) is 0 Å². The van der Waals surface area contributed by atoms with Gasteiger partial charge in [0.25, 0.3) is 0 Å². The first-order valence-corrected chi connectivity index (χ1v) is 7.55. The maximum absolute atomic E-state index is 5.62. The van der Waals surface area contributed by atoms with Crippen LogP contribution in [0, 0.1) is 0 Å². The molecule has 4 heteroatoms. The Morgan fingerprint density at radius 1 is 1.23 bits per heavy atom. The van der Waals surface area contributed by atoms with Crippen LogP contribution in [0.3, 0.4) is 0 Å². The first-order valence-electron chi connectivity index (χ1n) is 7.55. The quantitative estimate of drug-likeness (QED) is 0.784. The Hall–Kier alpha value is -2.20. The standard InChI is InChI=1S/C18H23N3O/c1-20(2)11-9-13-12-21(3)18-14(15-6-5-10-19-15)7-8-16(22-4)17(13)18/h5-8,10,12,19H,9,11H2,1-4H3. The van der Waals surface area contributed by atoms with Crippen molar-refractivity contribution in [2.75, 3.05) is 27.7 Å². The molecule has 116 valence electrons. The van der Waals surface area contributed by atoms with Crippen molar-refractivity contribution in [3.8, 4) is 17.0 Å². The number of rotatable bonds is 5. The Balaban J connectivity index is 2.21. The third-order valence-corrected chi connectivity index (χ3v) is 4.10. The Morgan fingerprint density at radius 3 is 2.68 bits per heavy atom. The fourth-order valence-corrected chi connectivity index (χ4v) is 3.03. The normalized spacial score (nSPS) is 11.5. The molecule has 0 aliphatic rings. The van der Waals surface area contributed by atoms with E-state index in [1.807, 2.05) is 12.3 Å². The molecule has 2 heterocycles. The molecule has 0 fully saturated rings. The van der Waals surface area contributed by atoms with E-state index in [9.17, 15) is 0 Å². The summed E-state index contributed by atoms with van der Waals surface area (Å²) >= 11 is 0. The molecule has 0 saturated heterocycles. The lowest BCUT2D eigenvalue weighted by Gasteiger charge is -2.11. The number of aromatic amines is 1. The summed E-state index contributed by atoms with van der Waals surface area (Å²) in [4.78, 5) is 5.52. The van der Waals surface area contributed by atoms with Crippen LogP contribution in [0.2, 0.25) is 0 Å². The highest BCUT2D eigenvalue weighted by molar-refractivity contribution is 6.00. The van der Waals surface area contributed by atoms with Gasteiger partial charge >= 0.3 is 0 Å². The van der Waals surface area contributed by atoms with E-state index in [1.165, 1.54) is 22.0 Å². The van der Waals surface area contributed by atoms with Crippen LogP contribution in [-0.4, -0.2) is 42.2 Å². The number of ether oxygens (including phenoxy) is 1. The van der Waals surface area contributed by atoms with Gasteiger partial charge in [0.15, 0.2) is 0 Å². The highest BCUT2D eigenvalue weighted by Crippen LogP contribution is 2.37. The summed E-state index contributed by atoms with van der Waals surface area (Å²) in [5.74, 6) is 0.944. The number of nitrogens with one attached hydrogen (secondary N) is 1. The Morgan fingerprint density at radius 2 is 2.05 bits per heavy atom. The zero-order chi connectivity index (χ0) is 15.7. The second-order valence-corrected chi connectivity index (χ2v) is 5.94. The van der Waals surface area contributed by atoms with Crippen molar-refractivity contribution in [3.05, 3.63) is 42.2 Å². The lowest BCUT2D eigenvalue weighted by Crippen LogP contribution is -2.14. The zero-order valence-electron chi connectivity index (χ0n) is 13.7. The van der Waals surface area contributed by atoms with Crippen LogP contribution in [0.1, 0.15) is 5.56 Å². The SMILES string of the molecule is COc1ccc(-c2ccc[nH]2)c2c1c(CCN(C)C)cn2C. The Bertz CT molecular complexity index is 769. The van der Waals surface area contributed by atoms with Gasteiger partial charge in [-0.05, 0) is 50.3 Å². The summed E-state index contributed by atoms with van der Waals surface area (Å²) < 4.78 is 7.83. The van der Waals surface area contributed by atoms with E-state index >= 15 is 0 Å². The molecule has 0 amide bonds. The van der Waals surface area contributed by atoms with E-state index in [-0.39, 0.29) is 0 Å². The van der Waals surface area contributed by atoms with Crippen molar-refractivity contribution in [2.24, 2.45) is 7.05 Å². The van der Waals surface area contributed by atoms with Crippen molar-refractivity contribution < 1.29 is 4.74 Å². The van der Waals surface area contributed by atoms with Gasteiger partial charge in [0.1, 0.15) is 5.75 Å². The minimum absolute atomic E-state index is 0.944. The molecule has 2 aromatic heterocycles. The first-order chi connectivity index (χ1) is 10.6. The van der Waals surface area contributed by atoms with Gasteiger partial charge in [-0.25, -0.2) is 0 Å². The fourth-order valence-electron chi connectivity index (χ4n) is 3.03. The number of benzene rings is 1. The van der Waals surface area contributed by atoms with Crippen molar-refractivity contribution in [1.82, 2.24) is 14.5 Å². The number of fused-ring (bicyclic) bond motifs is 1. The van der Waals surface area contributed by atoms with Gasteiger partial charge in [-0.2, -0.15) is 0 Å². The minimum atomic E-state index is 0.944. The molecule has 4 nitrogen and oxygen atoms in total. The number of nitrogens with zero attached hydrogens (tertiary/aromatic N) is 2. The summed E-state index contributed by atoms with van der Waals surface area (Å²) in [5, 5.41) is 1.22. The van der Waals surface area contributed by atoms with E-state index in [2.05, 4.69) is 60.0 Å².